The first-order valence-electron chi connectivity index (χ1n) is 7.56. The van der Waals surface area contributed by atoms with Crippen LogP contribution in [0.1, 0.15) is 15.9 Å². The summed E-state index contributed by atoms with van der Waals surface area (Å²) < 4.78 is 6.15. The molecule has 6 heteroatoms. The van der Waals surface area contributed by atoms with Gasteiger partial charge in [0.2, 0.25) is 0 Å². The summed E-state index contributed by atoms with van der Waals surface area (Å²) in [7, 11) is 1.67. The predicted molar refractivity (Wildman–Crippen MR) is 101 cm³/mol. The number of carbonyl (C=O) groups excluding carboxylic acids is 1. The molecule has 0 radical (unpaired) electrons. The number of amides is 1. The van der Waals surface area contributed by atoms with Crippen molar-refractivity contribution >= 4 is 44.4 Å². The number of anilines is 1. The van der Waals surface area contributed by atoms with Crippen molar-refractivity contribution in [1.29, 1.82) is 0 Å². The number of benzene rings is 2. The number of methoxy groups -OCH3 is 1. The van der Waals surface area contributed by atoms with E-state index in [1.165, 1.54) is 16.9 Å². The molecule has 1 heterocycles. The summed E-state index contributed by atoms with van der Waals surface area (Å²) in [6, 6.07) is 13.7. The molecule has 0 unspecified atom stereocenters. The number of carbonyl (C=O) groups is 1. The van der Waals surface area contributed by atoms with Gasteiger partial charge in [-0.15, -0.1) is 11.8 Å². The molecule has 0 aliphatic carbocycles. The molecule has 1 aromatic heterocycles. The summed E-state index contributed by atoms with van der Waals surface area (Å²) in [5, 5.41) is 3.54. The number of aryl methyl sites for hydroxylation is 1. The lowest BCUT2D eigenvalue weighted by atomic mass is 10.2. The second kappa shape index (κ2) is 7.79. The molecule has 2 aromatic carbocycles. The molecule has 124 valence electrons. The van der Waals surface area contributed by atoms with Crippen LogP contribution in [0.2, 0.25) is 0 Å². The molecule has 3 rings (SSSR count). The topological polar surface area (TPSA) is 51.2 Å². The highest BCUT2D eigenvalue weighted by molar-refractivity contribution is 7.99. The number of rotatable bonds is 6. The Hall–Kier alpha value is -1.89. The fourth-order valence-corrected chi connectivity index (χ4v) is 4.18. The average Bonchev–Trinajstić information content (AvgIpc) is 2.96. The summed E-state index contributed by atoms with van der Waals surface area (Å²) in [5.41, 5.74) is 2.75. The zero-order chi connectivity index (χ0) is 16.9. The number of hydrogen-bond acceptors (Lipinski definition) is 5. The summed E-state index contributed by atoms with van der Waals surface area (Å²) in [4.78, 5) is 18.1. The van der Waals surface area contributed by atoms with Crippen LogP contribution in [0.3, 0.4) is 0 Å². The fraction of sp³-hybridized carbons (Fsp3) is 0.222. The molecule has 1 amide bonds. The first-order valence-corrected chi connectivity index (χ1v) is 9.37. The Labute approximate surface area is 149 Å². The number of thiazole rings is 1. The van der Waals surface area contributed by atoms with Gasteiger partial charge >= 0.3 is 0 Å². The summed E-state index contributed by atoms with van der Waals surface area (Å²) in [5.74, 6) is 0.674. The van der Waals surface area contributed by atoms with Crippen LogP contribution in [0, 0.1) is 6.92 Å². The third-order valence-corrected chi connectivity index (χ3v) is 5.41. The van der Waals surface area contributed by atoms with Crippen LogP contribution in [0.25, 0.3) is 10.2 Å². The summed E-state index contributed by atoms with van der Waals surface area (Å²) >= 11 is 3.11. The maximum atomic E-state index is 12.6. The van der Waals surface area contributed by atoms with Gasteiger partial charge in [0.25, 0.3) is 5.91 Å². The van der Waals surface area contributed by atoms with E-state index in [4.69, 9.17) is 4.74 Å². The van der Waals surface area contributed by atoms with Gasteiger partial charge in [-0.3, -0.25) is 10.1 Å². The molecule has 0 spiro atoms. The molecule has 3 aromatic rings. The van der Waals surface area contributed by atoms with Crippen molar-refractivity contribution in [2.24, 2.45) is 0 Å². The minimum absolute atomic E-state index is 0.133. The van der Waals surface area contributed by atoms with Gasteiger partial charge in [-0.2, -0.15) is 0 Å². The Bertz CT molecular complexity index is 861. The van der Waals surface area contributed by atoms with Crippen molar-refractivity contribution in [1.82, 2.24) is 4.98 Å². The smallest absolute Gasteiger partial charge is 0.258 e. The number of thioether (sulfide) groups is 1. The summed E-state index contributed by atoms with van der Waals surface area (Å²) in [6.07, 6.45) is 0. The van der Waals surface area contributed by atoms with E-state index >= 15 is 0 Å². The van der Waals surface area contributed by atoms with Crippen LogP contribution in [-0.2, 0) is 4.74 Å². The van der Waals surface area contributed by atoms with Gasteiger partial charge in [-0.1, -0.05) is 29.5 Å². The van der Waals surface area contributed by atoms with Crippen LogP contribution < -0.4 is 5.32 Å². The predicted octanol–water partition coefficient (Wildman–Crippen LogP) is 4.60. The van der Waals surface area contributed by atoms with Crippen molar-refractivity contribution in [2.45, 2.75) is 11.8 Å². The Morgan fingerprint density at radius 3 is 2.96 bits per heavy atom. The molecular weight excluding hydrogens is 340 g/mol. The molecule has 0 saturated carbocycles. The van der Waals surface area contributed by atoms with Crippen molar-refractivity contribution in [2.75, 3.05) is 24.8 Å². The minimum Gasteiger partial charge on any atom is -0.384 e. The number of ether oxygens (including phenoxy) is 1. The SMILES string of the molecule is COCCSc1ccccc1C(=O)Nc1nc2ccc(C)cc2s1. The van der Waals surface area contributed by atoms with Crippen molar-refractivity contribution in [3.05, 3.63) is 53.6 Å². The van der Waals surface area contributed by atoms with Crippen molar-refractivity contribution < 1.29 is 9.53 Å². The normalized spacial score (nSPS) is 10.9. The molecule has 0 aliphatic heterocycles. The molecule has 0 aliphatic rings. The van der Waals surface area contributed by atoms with Gasteiger partial charge in [0.1, 0.15) is 0 Å². The van der Waals surface area contributed by atoms with E-state index in [2.05, 4.69) is 16.4 Å². The molecule has 4 nitrogen and oxygen atoms in total. The van der Waals surface area contributed by atoms with Crippen LogP contribution >= 0.6 is 23.1 Å². The standard InChI is InChI=1S/C18H18N2O2S2/c1-12-7-8-14-16(11-12)24-18(19-14)20-17(21)13-5-3-4-6-15(13)23-10-9-22-2/h3-8,11H,9-10H2,1-2H3,(H,19,20,21). The van der Waals surface area contributed by atoms with E-state index in [1.54, 1.807) is 18.9 Å². The van der Waals surface area contributed by atoms with E-state index in [-0.39, 0.29) is 5.91 Å². The Kier molecular flexibility index (Phi) is 5.50. The number of nitrogens with zero attached hydrogens (tertiary/aromatic N) is 1. The number of aromatic nitrogens is 1. The second-order valence-corrected chi connectivity index (χ2v) is 7.45. The lowest BCUT2D eigenvalue weighted by Gasteiger charge is -2.08. The largest absolute Gasteiger partial charge is 0.384 e. The molecule has 0 atom stereocenters. The van der Waals surface area contributed by atoms with Gasteiger partial charge in [-0.05, 0) is 36.8 Å². The lowest BCUT2D eigenvalue weighted by molar-refractivity contribution is 0.102. The number of fused-ring (bicyclic) bond motifs is 1. The number of hydrogen-bond donors (Lipinski definition) is 1. The van der Waals surface area contributed by atoms with Crippen LogP contribution in [0.5, 0.6) is 0 Å². The molecule has 1 N–H and O–H groups in total. The summed E-state index contributed by atoms with van der Waals surface area (Å²) in [6.45, 7) is 2.70. The zero-order valence-corrected chi connectivity index (χ0v) is 15.2. The van der Waals surface area contributed by atoms with Crippen molar-refractivity contribution in [3.8, 4) is 0 Å². The van der Waals surface area contributed by atoms with Gasteiger partial charge in [0, 0.05) is 17.8 Å². The third kappa shape index (κ3) is 3.95. The minimum atomic E-state index is -0.133. The molecule has 0 saturated heterocycles. The molecular formula is C18H18N2O2S2. The lowest BCUT2D eigenvalue weighted by Crippen LogP contribution is -2.12. The van der Waals surface area contributed by atoms with Crippen LogP contribution in [0.15, 0.2) is 47.4 Å². The second-order valence-electron chi connectivity index (χ2n) is 5.28. The van der Waals surface area contributed by atoms with E-state index in [1.807, 2.05) is 43.3 Å². The van der Waals surface area contributed by atoms with Crippen molar-refractivity contribution in [3.63, 3.8) is 0 Å². The molecule has 0 bridgehead atoms. The van der Waals surface area contributed by atoms with Gasteiger partial charge in [0.05, 0.1) is 22.4 Å². The first-order chi connectivity index (χ1) is 11.7. The highest BCUT2D eigenvalue weighted by Gasteiger charge is 2.13. The quantitative estimate of drug-likeness (QED) is 0.517. The van der Waals surface area contributed by atoms with E-state index in [0.29, 0.717) is 17.3 Å². The first kappa shape index (κ1) is 17.0. The maximum absolute atomic E-state index is 12.6. The Balaban J connectivity index is 1.78. The molecule has 0 fully saturated rings. The van der Waals surface area contributed by atoms with Gasteiger partial charge < -0.3 is 4.74 Å². The van der Waals surface area contributed by atoms with Crippen LogP contribution in [0.4, 0.5) is 5.13 Å². The van der Waals surface area contributed by atoms with Gasteiger partial charge in [0.15, 0.2) is 5.13 Å². The maximum Gasteiger partial charge on any atom is 0.258 e. The average molecular weight is 358 g/mol. The van der Waals surface area contributed by atoms with E-state index < -0.39 is 0 Å². The fourth-order valence-electron chi connectivity index (χ4n) is 2.26. The zero-order valence-electron chi connectivity index (χ0n) is 13.5. The van der Waals surface area contributed by atoms with Gasteiger partial charge in [-0.25, -0.2) is 4.98 Å². The molecule has 24 heavy (non-hydrogen) atoms. The highest BCUT2D eigenvalue weighted by Crippen LogP contribution is 2.28. The van der Waals surface area contributed by atoms with Crippen LogP contribution in [-0.4, -0.2) is 30.4 Å². The highest BCUT2D eigenvalue weighted by atomic mass is 32.2. The van der Waals surface area contributed by atoms with E-state index in [0.717, 1.165) is 20.9 Å². The number of nitrogens with one attached hydrogen (secondary N) is 1. The third-order valence-electron chi connectivity index (χ3n) is 3.44. The Morgan fingerprint density at radius 2 is 2.12 bits per heavy atom. The monoisotopic (exact) mass is 358 g/mol. The Morgan fingerprint density at radius 1 is 1.29 bits per heavy atom. The van der Waals surface area contributed by atoms with E-state index in [9.17, 15) is 4.79 Å².